The van der Waals surface area contributed by atoms with E-state index >= 15 is 0 Å². The van der Waals surface area contributed by atoms with Crippen molar-refractivity contribution in [3.63, 3.8) is 0 Å². The van der Waals surface area contributed by atoms with Crippen molar-refractivity contribution in [1.29, 1.82) is 0 Å². The first-order valence-corrected chi connectivity index (χ1v) is 6.74. The lowest BCUT2D eigenvalue weighted by molar-refractivity contribution is 0.0696. The van der Waals surface area contributed by atoms with E-state index in [2.05, 4.69) is 14.4 Å². The molecule has 0 aliphatic carbocycles. The van der Waals surface area contributed by atoms with Crippen LogP contribution >= 0.6 is 0 Å². The second-order valence-electron chi connectivity index (χ2n) is 3.47. The number of nitrogens with one attached hydrogen (secondary N) is 1. The first kappa shape index (κ1) is 14.6. The summed E-state index contributed by atoms with van der Waals surface area (Å²) in [7, 11) is -2.03. The predicted octanol–water partition coefficient (Wildman–Crippen LogP) is -0.154. The molecule has 0 saturated carbocycles. The molecule has 18 heavy (non-hydrogen) atoms. The van der Waals surface area contributed by atoms with Crippen LogP contribution in [0.2, 0.25) is 0 Å². The second-order valence-corrected chi connectivity index (χ2v) is 5.40. The molecule has 0 bridgehead atoms. The van der Waals surface area contributed by atoms with Gasteiger partial charge in [-0.15, -0.1) is 0 Å². The molecule has 1 rings (SSSR count). The van der Waals surface area contributed by atoms with E-state index < -0.39 is 16.0 Å². The van der Waals surface area contributed by atoms with Crippen LogP contribution in [0, 0.1) is 0 Å². The van der Waals surface area contributed by atoms with E-state index in [0.29, 0.717) is 5.69 Å². The highest BCUT2D eigenvalue weighted by molar-refractivity contribution is 7.89. The zero-order valence-corrected chi connectivity index (χ0v) is 10.6. The van der Waals surface area contributed by atoms with Crippen molar-refractivity contribution in [2.75, 3.05) is 19.5 Å². The Kier molecular flexibility index (Phi) is 5.20. The number of carboxylic acid groups (broad SMARTS) is 1. The van der Waals surface area contributed by atoms with Crippen LogP contribution in [0.25, 0.3) is 0 Å². The highest BCUT2D eigenvalue weighted by Gasteiger charge is 2.10. The fourth-order valence-electron chi connectivity index (χ4n) is 1.16. The molecule has 0 saturated heterocycles. The van der Waals surface area contributed by atoms with E-state index in [0.717, 1.165) is 0 Å². The lowest BCUT2D eigenvalue weighted by Crippen LogP contribution is -2.28. The zero-order valence-electron chi connectivity index (χ0n) is 9.79. The third-order valence-electron chi connectivity index (χ3n) is 2.09. The standard InChI is InChI=1S/C10H14N2O5S/c1-17-4-5-18(15,16)12-7-9-6-8(10(13)14)2-3-11-9/h2-3,6,12H,4-5,7H2,1H3,(H,13,14). The fourth-order valence-corrected chi connectivity index (χ4v) is 2.06. The van der Waals surface area contributed by atoms with Gasteiger partial charge in [-0.25, -0.2) is 17.9 Å². The average Bonchev–Trinajstić information content (AvgIpc) is 2.34. The number of sulfonamides is 1. The van der Waals surface area contributed by atoms with E-state index in [4.69, 9.17) is 5.11 Å². The maximum Gasteiger partial charge on any atom is 0.335 e. The predicted molar refractivity (Wildman–Crippen MR) is 63.7 cm³/mol. The Hall–Kier alpha value is -1.51. The van der Waals surface area contributed by atoms with Gasteiger partial charge in [-0.3, -0.25) is 4.98 Å². The maximum absolute atomic E-state index is 11.4. The van der Waals surface area contributed by atoms with E-state index in [1.807, 2.05) is 0 Å². The molecule has 100 valence electrons. The van der Waals surface area contributed by atoms with E-state index in [-0.39, 0.29) is 24.5 Å². The number of nitrogens with zero attached hydrogens (tertiary/aromatic N) is 1. The van der Waals surface area contributed by atoms with Crippen molar-refractivity contribution in [3.8, 4) is 0 Å². The molecule has 2 N–H and O–H groups in total. The van der Waals surface area contributed by atoms with Gasteiger partial charge in [0.1, 0.15) is 0 Å². The van der Waals surface area contributed by atoms with Crippen LogP contribution in [0.15, 0.2) is 18.3 Å². The second kappa shape index (κ2) is 6.43. The van der Waals surface area contributed by atoms with Crippen molar-refractivity contribution >= 4 is 16.0 Å². The SMILES string of the molecule is COCCS(=O)(=O)NCc1cc(C(=O)O)ccn1. The molecule has 0 amide bonds. The van der Waals surface area contributed by atoms with Crippen LogP contribution in [-0.2, 0) is 21.3 Å². The normalized spacial score (nSPS) is 11.4. The van der Waals surface area contributed by atoms with Gasteiger partial charge in [-0.1, -0.05) is 0 Å². The Labute approximate surface area is 105 Å². The summed E-state index contributed by atoms with van der Waals surface area (Å²) in [5, 5.41) is 8.77. The molecular formula is C10H14N2O5S. The van der Waals surface area contributed by atoms with E-state index in [9.17, 15) is 13.2 Å². The number of hydrogen-bond donors (Lipinski definition) is 2. The number of carboxylic acids is 1. The number of hydrogen-bond acceptors (Lipinski definition) is 5. The number of carbonyl (C=O) groups is 1. The highest BCUT2D eigenvalue weighted by atomic mass is 32.2. The van der Waals surface area contributed by atoms with Gasteiger partial charge in [-0.05, 0) is 12.1 Å². The van der Waals surface area contributed by atoms with Crippen molar-refractivity contribution in [3.05, 3.63) is 29.6 Å². The Bertz CT molecular complexity index is 515. The molecule has 0 fully saturated rings. The number of ether oxygens (including phenoxy) is 1. The molecular weight excluding hydrogens is 260 g/mol. The fraction of sp³-hybridized carbons (Fsp3) is 0.400. The summed E-state index contributed by atoms with van der Waals surface area (Å²) in [6.45, 7) is 0.0467. The monoisotopic (exact) mass is 274 g/mol. The maximum atomic E-state index is 11.4. The van der Waals surface area contributed by atoms with Gasteiger partial charge in [0, 0.05) is 13.3 Å². The molecule has 0 radical (unpaired) electrons. The number of rotatable bonds is 7. The van der Waals surface area contributed by atoms with Crippen LogP contribution in [0.3, 0.4) is 0 Å². The smallest absolute Gasteiger partial charge is 0.335 e. The Morgan fingerprint density at radius 1 is 1.56 bits per heavy atom. The molecule has 1 aromatic heterocycles. The van der Waals surface area contributed by atoms with Gasteiger partial charge in [-0.2, -0.15) is 0 Å². The Morgan fingerprint density at radius 2 is 2.28 bits per heavy atom. The minimum atomic E-state index is -3.44. The summed E-state index contributed by atoms with van der Waals surface area (Å²) in [4.78, 5) is 14.6. The molecule has 1 heterocycles. The highest BCUT2D eigenvalue weighted by Crippen LogP contribution is 2.02. The summed E-state index contributed by atoms with van der Waals surface area (Å²) in [6.07, 6.45) is 1.32. The van der Waals surface area contributed by atoms with Gasteiger partial charge in [0.15, 0.2) is 0 Å². The summed E-state index contributed by atoms with van der Waals surface area (Å²) in [6, 6.07) is 2.66. The van der Waals surface area contributed by atoms with Gasteiger partial charge in [0.2, 0.25) is 10.0 Å². The minimum Gasteiger partial charge on any atom is -0.478 e. The van der Waals surface area contributed by atoms with Crippen molar-refractivity contribution < 1.29 is 23.1 Å². The van der Waals surface area contributed by atoms with Gasteiger partial charge in [0.05, 0.1) is 30.2 Å². The van der Waals surface area contributed by atoms with Crippen molar-refractivity contribution in [1.82, 2.24) is 9.71 Å². The molecule has 0 aromatic carbocycles. The van der Waals surface area contributed by atoms with E-state index in [1.165, 1.54) is 25.4 Å². The summed E-state index contributed by atoms with van der Waals surface area (Å²) < 4.78 is 29.9. The molecule has 0 unspecified atom stereocenters. The summed E-state index contributed by atoms with van der Waals surface area (Å²) in [5.74, 6) is -1.23. The first-order chi connectivity index (χ1) is 8.44. The third-order valence-corrected chi connectivity index (χ3v) is 3.38. The largest absolute Gasteiger partial charge is 0.478 e. The molecule has 8 heteroatoms. The van der Waals surface area contributed by atoms with Crippen LogP contribution in [0.5, 0.6) is 0 Å². The van der Waals surface area contributed by atoms with E-state index in [1.54, 1.807) is 0 Å². The lowest BCUT2D eigenvalue weighted by Gasteiger charge is -2.06. The van der Waals surface area contributed by atoms with Crippen LogP contribution in [0.1, 0.15) is 16.1 Å². The van der Waals surface area contributed by atoms with Crippen molar-refractivity contribution in [2.24, 2.45) is 0 Å². The van der Waals surface area contributed by atoms with Crippen molar-refractivity contribution in [2.45, 2.75) is 6.54 Å². The summed E-state index contributed by atoms with van der Waals surface area (Å²) in [5.41, 5.74) is 0.409. The Morgan fingerprint density at radius 3 is 2.89 bits per heavy atom. The Balaban J connectivity index is 2.63. The minimum absolute atomic E-state index is 0.0484. The number of methoxy groups -OCH3 is 1. The molecule has 0 spiro atoms. The number of aromatic nitrogens is 1. The molecule has 0 atom stereocenters. The third kappa shape index (κ3) is 4.78. The zero-order chi connectivity index (χ0) is 13.6. The van der Waals surface area contributed by atoms with Gasteiger partial charge >= 0.3 is 5.97 Å². The van der Waals surface area contributed by atoms with Gasteiger partial charge < -0.3 is 9.84 Å². The lowest BCUT2D eigenvalue weighted by atomic mass is 10.2. The topological polar surface area (TPSA) is 106 Å². The average molecular weight is 274 g/mol. The first-order valence-electron chi connectivity index (χ1n) is 5.09. The van der Waals surface area contributed by atoms with Crippen LogP contribution in [-0.4, -0.2) is 43.9 Å². The summed E-state index contributed by atoms with van der Waals surface area (Å²) >= 11 is 0. The van der Waals surface area contributed by atoms with Crippen LogP contribution < -0.4 is 4.72 Å². The molecule has 7 nitrogen and oxygen atoms in total. The number of pyridine rings is 1. The molecule has 0 aliphatic heterocycles. The van der Waals surface area contributed by atoms with Crippen LogP contribution in [0.4, 0.5) is 0 Å². The molecule has 1 aromatic rings. The quantitative estimate of drug-likeness (QED) is 0.716. The molecule has 0 aliphatic rings. The van der Waals surface area contributed by atoms with Gasteiger partial charge in [0.25, 0.3) is 0 Å². The number of aromatic carboxylic acids is 1.